The first-order valence-electron chi connectivity index (χ1n) is 5.30. The Morgan fingerprint density at radius 3 is 3.00 bits per heavy atom. The highest BCUT2D eigenvalue weighted by molar-refractivity contribution is 5.82. The molecule has 4 nitrogen and oxygen atoms in total. The zero-order valence-electron chi connectivity index (χ0n) is 9.01. The molecule has 2 N–H and O–H groups in total. The lowest BCUT2D eigenvalue weighted by atomic mass is 10.2. The zero-order chi connectivity index (χ0) is 10.4. The van der Waals surface area contributed by atoms with Crippen LogP contribution in [0, 0.1) is 0 Å². The molecule has 0 aromatic rings. The molecule has 1 aliphatic rings. The Bertz CT molecular complexity index is 179. The molecule has 14 heavy (non-hydrogen) atoms. The minimum absolute atomic E-state index is 0.0147. The summed E-state index contributed by atoms with van der Waals surface area (Å²) < 4.78 is 5.02. The molecule has 82 valence electrons. The van der Waals surface area contributed by atoms with Crippen molar-refractivity contribution in [1.82, 2.24) is 10.6 Å². The van der Waals surface area contributed by atoms with E-state index < -0.39 is 0 Å². The van der Waals surface area contributed by atoms with Crippen LogP contribution in [-0.2, 0) is 9.53 Å². The largest absolute Gasteiger partial charge is 0.383 e. The molecule has 1 fully saturated rings. The summed E-state index contributed by atoms with van der Waals surface area (Å²) in [5, 5.41) is 6.16. The van der Waals surface area contributed by atoms with E-state index in [1.54, 1.807) is 7.11 Å². The van der Waals surface area contributed by atoms with Gasteiger partial charge >= 0.3 is 0 Å². The lowest BCUT2D eigenvalue weighted by Gasteiger charge is -2.18. The number of hydrogen-bond donors (Lipinski definition) is 2. The second-order valence-electron chi connectivity index (χ2n) is 3.72. The van der Waals surface area contributed by atoms with Crippen LogP contribution in [0.2, 0.25) is 0 Å². The Morgan fingerprint density at radius 1 is 1.71 bits per heavy atom. The van der Waals surface area contributed by atoms with Crippen molar-refractivity contribution in [3.05, 3.63) is 0 Å². The van der Waals surface area contributed by atoms with E-state index in [0.29, 0.717) is 6.61 Å². The van der Waals surface area contributed by atoms with Crippen molar-refractivity contribution in [3.8, 4) is 0 Å². The first-order chi connectivity index (χ1) is 6.77. The van der Waals surface area contributed by atoms with Crippen molar-refractivity contribution in [3.63, 3.8) is 0 Å². The summed E-state index contributed by atoms with van der Waals surface area (Å²) in [6.07, 6.45) is 2.96. The highest BCUT2D eigenvalue weighted by atomic mass is 16.5. The standard InChI is InChI=1S/C10H20N2O2/c1-3-8(7-14-2)12-10(13)9-5-4-6-11-9/h8-9,11H,3-7H2,1-2H3,(H,12,13)/t8?,9-/m0/s1. The summed E-state index contributed by atoms with van der Waals surface area (Å²) in [5.41, 5.74) is 0. The van der Waals surface area contributed by atoms with Gasteiger partial charge in [0.15, 0.2) is 0 Å². The summed E-state index contributed by atoms with van der Waals surface area (Å²) in [5.74, 6) is 0.117. The zero-order valence-corrected chi connectivity index (χ0v) is 9.01. The van der Waals surface area contributed by atoms with Crippen LogP contribution in [0.25, 0.3) is 0 Å². The predicted octanol–water partition coefficient (Wildman–Crippen LogP) is 0.280. The molecule has 1 heterocycles. The molecule has 0 radical (unpaired) electrons. The lowest BCUT2D eigenvalue weighted by Crippen LogP contribution is -2.46. The van der Waals surface area contributed by atoms with Crippen molar-refractivity contribution < 1.29 is 9.53 Å². The number of carbonyl (C=O) groups excluding carboxylic acids is 1. The summed E-state index contributed by atoms with van der Waals surface area (Å²) >= 11 is 0. The Kier molecular flexibility index (Phi) is 4.90. The highest BCUT2D eigenvalue weighted by Crippen LogP contribution is 2.05. The average Bonchev–Trinajstić information content (AvgIpc) is 2.69. The molecule has 1 unspecified atom stereocenters. The van der Waals surface area contributed by atoms with Gasteiger partial charge < -0.3 is 15.4 Å². The maximum absolute atomic E-state index is 11.7. The number of hydrogen-bond acceptors (Lipinski definition) is 3. The SMILES string of the molecule is CCC(COC)NC(=O)[C@@H]1CCCN1. The van der Waals surface area contributed by atoms with Crippen LogP contribution in [-0.4, -0.2) is 38.3 Å². The fraction of sp³-hybridized carbons (Fsp3) is 0.900. The third kappa shape index (κ3) is 3.27. The molecule has 4 heteroatoms. The molecule has 0 aliphatic carbocycles. The number of rotatable bonds is 5. The van der Waals surface area contributed by atoms with Gasteiger partial charge in [0.2, 0.25) is 5.91 Å². The summed E-state index contributed by atoms with van der Waals surface area (Å²) in [6.45, 7) is 3.60. The number of methoxy groups -OCH3 is 1. The Balaban J connectivity index is 2.29. The maximum atomic E-state index is 11.7. The molecular formula is C10H20N2O2. The Hall–Kier alpha value is -0.610. The second-order valence-corrected chi connectivity index (χ2v) is 3.72. The van der Waals surface area contributed by atoms with Gasteiger partial charge in [-0.05, 0) is 25.8 Å². The molecular weight excluding hydrogens is 180 g/mol. The van der Waals surface area contributed by atoms with E-state index in [1.165, 1.54) is 0 Å². The fourth-order valence-electron chi connectivity index (χ4n) is 1.67. The van der Waals surface area contributed by atoms with Crippen LogP contribution in [0.5, 0.6) is 0 Å². The third-order valence-corrected chi connectivity index (χ3v) is 2.58. The van der Waals surface area contributed by atoms with Gasteiger partial charge in [0.05, 0.1) is 18.7 Å². The fourth-order valence-corrected chi connectivity index (χ4v) is 1.67. The minimum atomic E-state index is 0.0147. The van der Waals surface area contributed by atoms with Gasteiger partial charge in [0.25, 0.3) is 0 Å². The van der Waals surface area contributed by atoms with Gasteiger partial charge in [-0.2, -0.15) is 0 Å². The van der Waals surface area contributed by atoms with Crippen molar-refractivity contribution in [2.75, 3.05) is 20.3 Å². The van der Waals surface area contributed by atoms with Gasteiger partial charge in [0, 0.05) is 7.11 Å². The van der Waals surface area contributed by atoms with E-state index in [9.17, 15) is 4.79 Å². The molecule has 1 rings (SSSR count). The normalized spacial score (nSPS) is 23.4. The van der Waals surface area contributed by atoms with Crippen LogP contribution >= 0.6 is 0 Å². The molecule has 2 atom stereocenters. The smallest absolute Gasteiger partial charge is 0.237 e. The molecule has 0 aromatic heterocycles. The molecule has 0 saturated carbocycles. The number of carbonyl (C=O) groups is 1. The van der Waals surface area contributed by atoms with Crippen molar-refractivity contribution in [2.24, 2.45) is 0 Å². The monoisotopic (exact) mass is 200 g/mol. The van der Waals surface area contributed by atoms with Crippen molar-refractivity contribution in [2.45, 2.75) is 38.3 Å². The van der Waals surface area contributed by atoms with Crippen LogP contribution in [0.3, 0.4) is 0 Å². The third-order valence-electron chi connectivity index (χ3n) is 2.58. The topological polar surface area (TPSA) is 50.4 Å². The molecule has 1 amide bonds. The van der Waals surface area contributed by atoms with E-state index in [4.69, 9.17) is 4.74 Å². The number of amides is 1. The van der Waals surface area contributed by atoms with Crippen LogP contribution < -0.4 is 10.6 Å². The summed E-state index contributed by atoms with van der Waals surface area (Å²) in [7, 11) is 1.66. The predicted molar refractivity (Wildman–Crippen MR) is 55.1 cm³/mol. The van der Waals surface area contributed by atoms with Crippen LogP contribution in [0.1, 0.15) is 26.2 Å². The van der Waals surface area contributed by atoms with E-state index in [2.05, 4.69) is 10.6 Å². The van der Waals surface area contributed by atoms with Gasteiger partial charge in [0.1, 0.15) is 0 Å². The molecule has 0 aromatic carbocycles. The number of nitrogens with one attached hydrogen (secondary N) is 2. The highest BCUT2D eigenvalue weighted by Gasteiger charge is 2.23. The van der Waals surface area contributed by atoms with Crippen LogP contribution in [0.15, 0.2) is 0 Å². The Labute approximate surface area is 85.4 Å². The van der Waals surface area contributed by atoms with Gasteiger partial charge in [-0.3, -0.25) is 4.79 Å². The summed E-state index contributed by atoms with van der Waals surface area (Å²) in [4.78, 5) is 11.7. The van der Waals surface area contributed by atoms with Gasteiger partial charge in [-0.25, -0.2) is 0 Å². The summed E-state index contributed by atoms with van der Waals surface area (Å²) in [6, 6.07) is 0.163. The minimum Gasteiger partial charge on any atom is -0.383 e. The van der Waals surface area contributed by atoms with Gasteiger partial charge in [-0.1, -0.05) is 6.92 Å². The number of ether oxygens (including phenoxy) is 1. The van der Waals surface area contributed by atoms with Crippen molar-refractivity contribution >= 4 is 5.91 Å². The van der Waals surface area contributed by atoms with E-state index in [-0.39, 0.29) is 18.0 Å². The maximum Gasteiger partial charge on any atom is 0.237 e. The van der Waals surface area contributed by atoms with E-state index in [0.717, 1.165) is 25.8 Å². The molecule has 1 saturated heterocycles. The molecule has 0 bridgehead atoms. The van der Waals surface area contributed by atoms with E-state index >= 15 is 0 Å². The molecule has 0 spiro atoms. The lowest BCUT2D eigenvalue weighted by molar-refractivity contribution is -0.123. The Morgan fingerprint density at radius 2 is 2.50 bits per heavy atom. The first-order valence-corrected chi connectivity index (χ1v) is 5.30. The average molecular weight is 200 g/mol. The quantitative estimate of drug-likeness (QED) is 0.670. The van der Waals surface area contributed by atoms with E-state index in [1.807, 2.05) is 6.92 Å². The van der Waals surface area contributed by atoms with Crippen LogP contribution in [0.4, 0.5) is 0 Å². The van der Waals surface area contributed by atoms with Gasteiger partial charge in [-0.15, -0.1) is 0 Å². The molecule has 1 aliphatic heterocycles. The van der Waals surface area contributed by atoms with Crippen molar-refractivity contribution in [1.29, 1.82) is 0 Å². The first kappa shape index (κ1) is 11.5. The second kappa shape index (κ2) is 5.98.